The molecule has 184 valence electrons. The molecule has 4 heteroatoms. The summed E-state index contributed by atoms with van der Waals surface area (Å²) >= 11 is 0. The number of carbonyl (C=O) groups excluding carboxylic acids is 2. The van der Waals surface area contributed by atoms with Crippen LogP contribution in [-0.2, 0) is 19.1 Å². The fourth-order valence-corrected chi connectivity index (χ4v) is 3.99. The smallest absolute Gasteiger partial charge is 0.323 e. The van der Waals surface area contributed by atoms with Crippen molar-refractivity contribution in [3.8, 4) is 0 Å². The van der Waals surface area contributed by atoms with Gasteiger partial charge in [-0.1, -0.05) is 118 Å². The minimum absolute atomic E-state index is 0.401. The van der Waals surface area contributed by atoms with Crippen molar-refractivity contribution in [1.29, 1.82) is 0 Å². The minimum atomic E-state index is -1.14. The van der Waals surface area contributed by atoms with E-state index >= 15 is 0 Å². The molecule has 0 aliphatic heterocycles. The largest absolute Gasteiger partial charge is 0.465 e. The maximum atomic E-state index is 12.7. The number of hydrogen-bond donors (Lipinski definition) is 0. The van der Waals surface area contributed by atoms with Crippen molar-refractivity contribution in [1.82, 2.24) is 0 Å². The quantitative estimate of drug-likeness (QED) is 0.0967. The average Bonchev–Trinajstić information content (AvgIpc) is 2.78. The summed E-state index contributed by atoms with van der Waals surface area (Å²) in [6, 6.07) is 0. The first-order valence-corrected chi connectivity index (χ1v) is 13.4. The van der Waals surface area contributed by atoms with Crippen LogP contribution in [0.2, 0.25) is 0 Å². The second-order valence-electron chi connectivity index (χ2n) is 9.01. The van der Waals surface area contributed by atoms with Crippen LogP contribution in [0.4, 0.5) is 0 Å². The van der Waals surface area contributed by atoms with Crippen molar-refractivity contribution in [3.05, 3.63) is 0 Å². The van der Waals surface area contributed by atoms with Crippen LogP contribution in [0.3, 0.4) is 0 Å². The first-order chi connectivity index (χ1) is 15.1. The molecule has 0 aromatic carbocycles. The van der Waals surface area contributed by atoms with Gasteiger partial charge in [0.15, 0.2) is 5.41 Å². The summed E-state index contributed by atoms with van der Waals surface area (Å²) in [6.07, 6.45) is 20.1. The van der Waals surface area contributed by atoms with Gasteiger partial charge in [-0.05, 0) is 25.7 Å². The van der Waals surface area contributed by atoms with Gasteiger partial charge in [-0.15, -0.1) is 0 Å². The molecule has 0 spiro atoms. The zero-order valence-electron chi connectivity index (χ0n) is 21.3. The highest BCUT2D eigenvalue weighted by atomic mass is 16.6. The van der Waals surface area contributed by atoms with Gasteiger partial charge in [0.25, 0.3) is 0 Å². The second-order valence-corrected chi connectivity index (χ2v) is 9.01. The molecule has 0 aromatic heterocycles. The van der Waals surface area contributed by atoms with Gasteiger partial charge in [-0.2, -0.15) is 0 Å². The van der Waals surface area contributed by atoms with Crippen LogP contribution in [-0.4, -0.2) is 25.2 Å². The van der Waals surface area contributed by atoms with Crippen molar-refractivity contribution >= 4 is 11.9 Å². The van der Waals surface area contributed by atoms with E-state index in [4.69, 9.17) is 9.47 Å². The van der Waals surface area contributed by atoms with E-state index in [-0.39, 0.29) is 0 Å². The lowest BCUT2D eigenvalue weighted by Crippen LogP contribution is -2.41. The number of carbonyl (C=O) groups is 2. The van der Waals surface area contributed by atoms with Crippen molar-refractivity contribution in [2.45, 2.75) is 143 Å². The Bertz CT molecular complexity index is 429. The van der Waals surface area contributed by atoms with Crippen LogP contribution < -0.4 is 0 Å². The Balaban J connectivity index is 4.06. The summed E-state index contributed by atoms with van der Waals surface area (Å²) in [5, 5.41) is 0. The Kier molecular flexibility index (Phi) is 20.1. The molecule has 0 saturated heterocycles. The molecular formula is C27H52O4. The summed E-state index contributed by atoms with van der Waals surface area (Å²) in [7, 11) is 0. The van der Waals surface area contributed by atoms with E-state index in [0.29, 0.717) is 26.1 Å². The minimum Gasteiger partial charge on any atom is -0.465 e. The lowest BCUT2D eigenvalue weighted by atomic mass is 9.82. The molecule has 0 N–H and O–H groups in total. The molecule has 0 radical (unpaired) electrons. The third kappa shape index (κ3) is 13.9. The molecule has 0 aliphatic rings. The Morgan fingerprint density at radius 2 is 0.774 bits per heavy atom. The Morgan fingerprint density at radius 1 is 0.484 bits per heavy atom. The molecule has 0 heterocycles. The fourth-order valence-electron chi connectivity index (χ4n) is 3.99. The van der Waals surface area contributed by atoms with Gasteiger partial charge < -0.3 is 9.47 Å². The summed E-state index contributed by atoms with van der Waals surface area (Å²) in [5.41, 5.74) is -1.14. The predicted molar refractivity (Wildman–Crippen MR) is 130 cm³/mol. The highest BCUT2D eigenvalue weighted by molar-refractivity contribution is 5.99. The van der Waals surface area contributed by atoms with E-state index < -0.39 is 17.4 Å². The van der Waals surface area contributed by atoms with Gasteiger partial charge in [0.05, 0.1) is 13.2 Å². The van der Waals surface area contributed by atoms with E-state index in [0.717, 1.165) is 25.7 Å². The summed E-state index contributed by atoms with van der Waals surface area (Å²) in [6.45, 7) is 9.01. The van der Waals surface area contributed by atoms with Crippen molar-refractivity contribution in [2.75, 3.05) is 13.2 Å². The second kappa shape index (κ2) is 20.8. The maximum Gasteiger partial charge on any atom is 0.323 e. The number of hydrogen-bond acceptors (Lipinski definition) is 4. The third-order valence-corrected chi connectivity index (χ3v) is 6.45. The predicted octanol–water partition coefficient (Wildman–Crippen LogP) is 8.16. The molecule has 4 nitrogen and oxygen atoms in total. The zero-order valence-corrected chi connectivity index (χ0v) is 21.3. The van der Waals surface area contributed by atoms with Crippen LogP contribution in [0.1, 0.15) is 143 Å². The molecule has 0 fully saturated rings. The molecule has 0 atom stereocenters. The van der Waals surface area contributed by atoms with E-state index in [1.54, 1.807) is 0 Å². The van der Waals surface area contributed by atoms with Gasteiger partial charge in [-0.25, -0.2) is 0 Å². The van der Waals surface area contributed by atoms with Gasteiger partial charge in [-0.3, -0.25) is 9.59 Å². The molecular weight excluding hydrogens is 388 g/mol. The van der Waals surface area contributed by atoms with Crippen molar-refractivity contribution in [3.63, 3.8) is 0 Å². The average molecular weight is 441 g/mol. The Hall–Kier alpha value is -1.06. The molecule has 0 rings (SSSR count). The first kappa shape index (κ1) is 29.9. The topological polar surface area (TPSA) is 52.6 Å². The van der Waals surface area contributed by atoms with E-state index in [9.17, 15) is 9.59 Å². The van der Waals surface area contributed by atoms with Gasteiger partial charge in [0.1, 0.15) is 0 Å². The SMILES string of the molecule is CCCCCCCCCCCOC(=O)C(CC)(CC)C(=O)OCCCCCCCCC. The van der Waals surface area contributed by atoms with Gasteiger partial charge in [0, 0.05) is 0 Å². The molecule has 0 bridgehead atoms. The summed E-state index contributed by atoms with van der Waals surface area (Å²) in [4.78, 5) is 25.4. The van der Waals surface area contributed by atoms with Gasteiger partial charge >= 0.3 is 11.9 Å². The molecule has 0 saturated carbocycles. The molecule has 0 amide bonds. The fraction of sp³-hybridized carbons (Fsp3) is 0.926. The maximum absolute atomic E-state index is 12.7. The Labute approximate surface area is 193 Å². The van der Waals surface area contributed by atoms with Crippen molar-refractivity contribution in [2.24, 2.45) is 5.41 Å². The summed E-state index contributed by atoms with van der Waals surface area (Å²) in [5.74, 6) is -0.804. The molecule has 0 aliphatic carbocycles. The van der Waals surface area contributed by atoms with Crippen molar-refractivity contribution < 1.29 is 19.1 Å². The van der Waals surface area contributed by atoms with Gasteiger partial charge in [0.2, 0.25) is 0 Å². The molecule has 31 heavy (non-hydrogen) atoms. The van der Waals surface area contributed by atoms with Crippen LogP contribution >= 0.6 is 0 Å². The monoisotopic (exact) mass is 440 g/mol. The van der Waals surface area contributed by atoms with Crippen LogP contribution in [0, 0.1) is 5.41 Å². The first-order valence-electron chi connectivity index (χ1n) is 13.4. The zero-order chi connectivity index (χ0) is 23.2. The standard InChI is InChI=1S/C27H52O4/c1-5-9-11-13-15-16-18-20-22-24-31-26(29)27(7-3,8-4)25(28)30-23-21-19-17-14-12-10-6-2/h5-24H2,1-4H3. The van der Waals surface area contributed by atoms with Crippen LogP contribution in [0.25, 0.3) is 0 Å². The molecule has 0 aromatic rings. The summed E-state index contributed by atoms with van der Waals surface area (Å²) < 4.78 is 11.0. The van der Waals surface area contributed by atoms with E-state index in [2.05, 4.69) is 13.8 Å². The third-order valence-electron chi connectivity index (χ3n) is 6.45. The lowest BCUT2D eigenvalue weighted by Gasteiger charge is -2.27. The number of ether oxygens (including phenoxy) is 2. The normalized spacial score (nSPS) is 11.5. The highest BCUT2D eigenvalue weighted by Crippen LogP contribution is 2.30. The lowest BCUT2D eigenvalue weighted by molar-refractivity contribution is -0.173. The highest BCUT2D eigenvalue weighted by Gasteiger charge is 2.45. The Morgan fingerprint density at radius 3 is 1.06 bits per heavy atom. The van der Waals surface area contributed by atoms with Crippen LogP contribution in [0.5, 0.6) is 0 Å². The van der Waals surface area contributed by atoms with E-state index in [1.165, 1.54) is 77.0 Å². The van der Waals surface area contributed by atoms with E-state index in [1.807, 2.05) is 13.8 Å². The number of esters is 2. The number of unbranched alkanes of at least 4 members (excludes halogenated alkanes) is 14. The van der Waals surface area contributed by atoms with Crippen LogP contribution in [0.15, 0.2) is 0 Å². The molecule has 0 unspecified atom stereocenters. The number of rotatable bonds is 22.